The molecule has 0 spiro atoms. The first-order chi connectivity index (χ1) is 11.0. The van der Waals surface area contributed by atoms with Crippen molar-refractivity contribution in [2.75, 3.05) is 6.54 Å². The highest BCUT2D eigenvalue weighted by molar-refractivity contribution is 5.87. The van der Waals surface area contributed by atoms with Crippen molar-refractivity contribution in [2.24, 2.45) is 11.7 Å². The highest BCUT2D eigenvalue weighted by Crippen LogP contribution is 2.34. The van der Waals surface area contributed by atoms with Crippen LogP contribution in [-0.4, -0.2) is 30.4 Å². The van der Waals surface area contributed by atoms with Gasteiger partial charge in [-0.1, -0.05) is 50.6 Å². The first kappa shape index (κ1) is 20.5. The molecule has 134 valence electrons. The van der Waals surface area contributed by atoms with Crippen LogP contribution in [0.2, 0.25) is 0 Å². The van der Waals surface area contributed by atoms with Crippen LogP contribution >= 0.6 is 12.4 Å². The Bertz CT molecular complexity index is 536. The van der Waals surface area contributed by atoms with E-state index in [1.54, 1.807) is 0 Å². The van der Waals surface area contributed by atoms with E-state index in [0.29, 0.717) is 5.92 Å². The summed E-state index contributed by atoms with van der Waals surface area (Å²) >= 11 is 0. The topological polar surface area (TPSA) is 84.2 Å². The summed E-state index contributed by atoms with van der Waals surface area (Å²) in [6.45, 7) is 3.75. The van der Waals surface area contributed by atoms with Crippen LogP contribution in [0.25, 0.3) is 0 Å². The normalized spacial score (nSPS) is 21.0. The zero-order chi connectivity index (χ0) is 16.8. The Morgan fingerprint density at radius 1 is 1.21 bits per heavy atom. The highest BCUT2D eigenvalue weighted by Gasteiger charge is 2.29. The van der Waals surface area contributed by atoms with Crippen molar-refractivity contribution in [3.05, 3.63) is 35.9 Å². The van der Waals surface area contributed by atoms with E-state index >= 15 is 0 Å². The smallest absolute Gasteiger partial charge is 0.239 e. The molecule has 6 heteroatoms. The van der Waals surface area contributed by atoms with E-state index in [4.69, 9.17) is 5.73 Å². The number of rotatable bonds is 6. The number of nitrogens with two attached hydrogens (primary N) is 1. The zero-order valence-electron chi connectivity index (χ0n) is 14.3. The average molecular weight is 354 g/mol. The predicted octanol–water partition coefficient (Wildman–Crippen LogP) is 1.96. The van der Waals surface area contributed by atoms with E-state index in [2.05, 4.69) is 22.8 Å². The van der Waals surface area contributed by atoms with E-state index in [0.717, 1.165) is 19.3 Å². The Kier molecular flexibility index (Phi) is 8.22. The fourth-order valence-electron chi connectivity index (χ4n) is 3.08. The number of carbonyl (C=O) groups excluding carboxylic acids is 2. The summed E-state index contributed by atoms with van der Waals surface area (Å²) in [5, 5.41) is 5.67. The van der Waals surface area contributed by atoms with Crippen LogP contribution in [-0.2, 0) is 9.59 Å². The SMILES string of the molecule is CC(C)[C@H](N)C(=O)NCC(=O)NC1CCCC1c1ccccc1.Cl. The van der Waals surface area contributed by atoms with E-state index in [1.807, 2.05) is 32.0 Å². The lowest BCUT2D eigenvalue weighted by atomic mass is 9.94. The van der Waals surface area contributed by atoms with Gasteiger partial charge in [-0.3, -0.25) is 9.59 Å². The van der Waals surface area contributed by atoms with Crippen molar-refractivity contribution in [3.8, 4) is 0 Å². The third-order valence-electron chi connectivity index (χ3n) is 4.53. The van der Waals surface area contributed by atoms with Crippen LogP contribution in [0.5, 0.6) is 0 Å². The molecule has 0 radical (unpaired) electrons. The highest BCUT2D eigenvalue weighted by atomic mass is 35.5. The second-order valence-electron chi connectivity index (χ2n) is 6.61. The van der Waals surface area contributed by atoms with Crippen LogP contribution in [0.4, 0.5) is 0 Å². The maximum atomic E-state index is 12.1. The minimum Gasteiger partial charge on any atom is -0.351 e. The van der Waals surface area contributed by atoms with Gasteiger partial charge in [-0.25, -0.2) is 0 Å². The summed E-state index contributed by atoms with van der Waals surface area (Å²) in [5.41, 5.74) is 7.03. The summed E-state index contributed by atoms with van der Waals surface area (Å²) in [6, 6.07) is 9.84. The molecule has 0 bridgehead atoms. The predicted molar refractivity (Wildman–Crippen MR) is 98.0 cm³/mol. The van der Waals surface area contributed by atoms with Crippen molar-refractivity contribution >= 4 is 24.2 Å². The number of halogens is 1. The van der Waals surface area contributed by atoms with Crippen molar-refractivity contribution in [1.29, 1.82) is 0 Å². The van der Waals surface area contributed by atoms with Gasteiger partial charge in [-0.15, -0.1) is 12.4 Å². The molecule has 1 aliphatic carbocycles. The number of hydrogen-bond acceptors (Lipinski definition) is 3. The molecule has 0 aromatic heterocycles. The fraction of sp³-hybridized carbons (Fsp3) is 0.556. The fourth-order valence-corrected chi connectivity index (χ4v) is 3.08. The largest absolute Gasteiger partial charge is 0.351 e. The van der Waals surface area contributed by atoms with Gasteiger partial charge in [0, 0.05) is 12.0 Å². The summed E-state index contributed by atoms with van der Waals surface area (Å²) in [6.07, 6.45) is 3.17. The lowest BCUT2D eigenvalue weighted by Crippen LogP contribution is -2.48. The number of benzene rings is 1. The summed E-state index contributed by atoms with van der Waals surface area (Å²) < 4.78 is 0. The molecule has 0 heterocycles. The first-order valence-electron chi connectivity index (χ1n) is 8.36. The molecule has 3 atom stereocenters. The molecule has 1 aromatic rings. The van der Waals surface area contributed by atoms with Gasteiger partial charge in [0.05, 0.1) is 12.6 Å². The monoisotopic (exact) mass is 353 g/mol. The quantitative estimate of drug-likeness (QED) is 0.731. The Balaban J connectivity index is 0.00000288. The third kappa shape index (κ3) is 5.49. The van der Waals surface area contributed by atoms with Gasteiger partial charge in [0.2, 0.25) is 11.8 Å². The van der Waals surface area contributed by atoms with Crippen LogP contribution in [0.1, 0.15) is 44.6 Å². The molecule has 0 aliphatic heterocycles. The van der Waals surface area contributed by atoms with Crippen molar-refractivity contribution in [3.63, 3.8) is 0 Å². The standard InChI is InChI=1S/C18H27N3O2.ClH/c1-12(2)17(19)18(23)20-11-16(22)21-15-10-6-9-14(15)13-7-4-3-5-8-13;/h3-5,7-8,12,14-15,17H,6,9-11,19H2,1-2H3,(H,20,23)(H,21,22);1H/t14?,15?,17-;/m0./s1. The zero-order valence-corrected chi connectivity index (χ0v) is 15.1. The van der Waals surface area contributed by atoms with E-state index < -0.39 is 6.04 Å². The Labute approximate surface area is 150 Å². The summed E-state index contributed by atoms with van der Waals surface area (Å²) in [7, 11) is 0. The summed E-state index contributed by atoms with van der Waals surface area (Å²) in [4.78, 5) is 23.9. The number of carbonyl (C=O) groups is 2. The first-order valence-corrected chi connectivity index (χ1v) is 8.36. The number of amides is 2. The van der Waals surface area contributed by atoms with Crippen molar-refractivity contribution < 1.29 is 9.59 Å². The van der Waals surface area contributed by atoms with Gasteiger partial charge in [-0.2, -0.15) is 0 Å². The van der Waals surface area contributed by atoms with Crippen LogP contribution in [0.15, 0.2) is 30.3 Å². The Morgan fingerprint density at radius 2 is 1.88 bits per heavy atom. The molecule has 1 aliphatic rings. The minimum absolute atomic E-state index is 0. The molecule has 2 rings (SSSR count). The molecule has 24 heavy (non-hydrogen) atoms. The maximum Gasteiger partial charge on any atom is 0.239 e. The van der Waals surface area contributed by atoms with E-state index in [9.17, 15) is 9.59 Å². The molecule has 1 fully saturated rings. The van der Waals surface area contributed by atoms with Gasteiger partial charge in [0.25, 0.3) is 0 Å². The second kappa shape index (κ2) is 9.64. The summed E-state index contributed by atoms with van der Waals surface area (Å²) in [5.74, 6) is -0.0209. The van der Waals surface area contributed by atoms with Crippen molar-refractivity contribution in [2.45, 2.75) is 51.1 Å². The molecular weight excluding hydrogens is 326 g/mol. The molecule has 0 saturated heterocycles. The molecule has 1 aromatic carbocycles. The van der Waals surface area contributed by atoms with Gasteiger partial charge in [0.15, 0.2) is 0 Å². The number of hydrogen-bond donors (Lipinski definition) is 3. The maximum absolute atomic E-state index is 12.1. The van der Waals surface area contributed by atoms with E-state index in [1.165, 1.54) is 5.56 Å². The lowest BCUT2D eigenvalue weighted by Gasteiger charge is -2.22. The van der Waals surface area contributed by atoms with Gasteiger partial charge in [-0.05, 0) is 24.3 Å². The van der Waals surface area contributed by atoms with Crippen molar-refractivity contribution in [1.82, 2.24) is 10.6 Å². The lowest BCUT2D eigenvalue weighted by molar-refractivity contribution is -0.127. The van der Waals surface area contributed by atoms with E-state index in [-0.39, 0.29) is 42.7 Å². The Hall–Kier alpha value is -1.59. The molecule has 1 saturated carbocycles. The molecule has 2 amide bonds. The minimum atomic E-state index is -0.577. The van der Waals surface area contributed by atoms with Crippen LogP contribution in [0, 0.1) is 5.92 Å². The average Bonchev–Trinajstić information content (AvgIpc) is 3.00. The van der Waals surface area contributed by atoms with Crippen LogP contribution < -0.4 is 16.4 Å². The number of nitrogens with one attached hydrogen (secondary N) is 2. The van der Waals surface area contributed by atoms with Gasteiger partial charge < -0.3 is 16.4 Å². The third-order valence-corrected chi connectivity index (χ3v) is 4.53. The van der Waals surface area contributed by atoms with Crippen LogP contribution in [0.3, 0.4) is 0 Å². The van der Waals surface area contributed by atoms with Gasteiger partial charge in [0.1, 0.15) is 0 Å². The molecule has 2 unspecified atom stereocenters. The molecule has 4 N–H and O–H groups in total. The van der Waals surface area contributed by atoms with Gasteiger partial charge >= 0.3 is 0 Å². The Morgan fingerprint density at radius 3 is 2.50 bits per heavy atom. The molecule has 5 nitrogen and oxygen atoms in total. The second-order valence-corrected chi connectivity index (χ2v) is 6.61. The molecular formula is C18H28ClN3O2.